The topological polar surface area (TPSA) is 87.6 Å². The van der Waals surface area contributed by atoms with E-state index >= 15 is 0 Å². The van der Waals surface area contributed by atoms with Crippen molar-refractivity contribution in [3.8, 4) is 5.75 Å². The lowest BCUT2D eigenvalue weighted by Crippen LogP contribution is -2.17. The Morgan fingerprint density at radius 2 is 2.14 bits per heavy atom. The number of primary amides is 1. The van der Waals surface area contributed by atoms with E-state index in [0.717, 1.165) is 0 Å². The van der Waals surface area contributed by atoms with Crippen molar-refractivity contribution >= 4 is 11.8 Å². The molecular weight excluding hydrogens is 184 g/mol. The quantitative estimate of drug-likeness (QED) is 0.549. The Bertz CT molecular complexity index is 315. The zero-order valence-electron chi connectivity index (χ0n) is 7.60. The molecule has 1 aromatic carbocycles. The highest BCUT2D eigenvalue weighted by Gasteiger charge is 1.96. The van der Waals surface area contributed by atoms with E-state index in [1.165, 1.54) is 0 Å². The number of anilines is 1. The molecule has 0 saturated heterocycles. The number of hydrogen-bond acceptors (Lipinski definition) is 4. The number of rotatable bonds is 4. The summed E-state index contributed by atoms with van der Waals surface area (Å²) >= 11 is 0. The van der Waals surface area contributed by atoms with Crippen LogP contribution in [0.2, 0.25) is 0 Å². The van der Waals surface area contributed by atoms with Gasteiger partial charge in [-0.05, 0) is 12.1 Å². The van der Waals surface area contributed by atoms with Gasteiger partial charge in [0, 0.05) is 11.8 Å². The molecule has 0 aliphatic carbocycles. The Morgan fingerprint density at radius 1 is 1.36 bits per heavy atom. The predicted molar refractivity (Wildman–Crippen MR) is 51.9 cm³/mol. The van der Waals surface area contributed by atoms with Crippen LogP contribution in [0.4, 0.5) is 10.5 Å². The maximum atomic E-state index is 10.2. The summed E-state index contributed by atoms with van der Waals surface area (Å²) in [5.41, 5.74) is 10.9. The maximum Gasteiger partial charge on any atom is 0.404 e. The summed E-state index contributed by atoms with van der Waals surface area (Å²) < 4.78 is 9.70. The second kappa shape index (κ2) is 4.96. The minimum Gasteiger partial charge on any atom is -0.490 e. The van der Waals surface area contributed by atoms with Crippen molar-refractivity contribution in [2.24, 2.45) is 5.73 Å². The van der Waals surface area contributed by atoms with Crippen molar-refractivity contribution in [3.63, 3.8) is 0 Å². The highest BCUT2D eigenvalue weighted by atomic mass is 16.6. The standard InChI is InChI=1S/C9H12N2O3/c10-7-2-1-3-8(6-7)13-4-5-14-9(11)12/h1-3,6H,4-5,10H2,(H2,11,12). The van der Waals surface area contributed by atoms with E-state index in [4.69, 9.17) is 16.2 Å². The molecule has 14 heavy (non-hydrogen) atoms. The lowest BCUT2D eigenvalue weighted by atomic mass is 10.3. The van der Waals surface area contributed by atoms with Gasteiger partial charge in [0.2, 0.25) is 0 Å². The van der Waals surface area contributed by atoms with Crippen LogP contribution in [-0.4, -0.2) is 19.3 Å². The highest BCUT2D eigenvalue weighted by Crippen LogP contribution is 2.13. The Balaban J connectivity index is 2.28. The fraction of sp³-hybridized carbons (Fsp3) is 0.222. The van der Waals surface area contributed by atoms with Gasteiger partial charge in [-0.2, -0.15) is 0 Å². The third-order valence-electron chi connectivity index (χ3n) is 1.45. The van der Waals surface area contributed by atoms with E-state index in [1.54, 1.807) is 24.3 Å². The van der Waals surface area contributed by atoms with E-state index in [0.29, 0.717) is 11.4 Å². The number of benzene rings is 1. The summed E-state index contributed by atoms with van der Waals surface area (Å²) in [6.45, 7) is 0.385. The van der Waals surface area contributed by atoms with Crippen LogP contribution in [0.3, 0.4) is 0 Å². The van der Waals surface area contributed by atoms with Crippen molar-refractivity contribution in [1.82, 2.24) is 0 Å². The largest absolute Gasteiger partial charge is 0.490 e. The van der Waals surface area contributed by atoms with Crippen LogP contribution >= 0.6 is 0 Å². The first kappa shape index (κ1) is 10.2. The molecule has 0 spiro atoms. The summed E-state index contributed by atoms with van der Waals surface area (Å²) in [7, 11) is 0. The van der Waals surface area contributed by atoms with Crippen LogP contribution in [0, 0.1) is 0 Å². The molecule has 0 heterocycles. The lowest BCUT2D eigenvalue weighted by molar-refractivity contribution is 0.134. The predicted octanol–water partition coefficient (Wildman–Crippen LogP) is 0.743. The fourth-order valence-corrected chi connectivity index (χ4v) is 0.906. The van der Waals surface area contributed by atoms with Crippen LogP contribution in [0.1, 0.15) is 0 Å². The maximum absolute atomic E-state index is 10.2. The van der Waals surface area contributed by atoms with Crippen LogP contribution in [-0.2, 0) is 4.74 Å². The molecule has 0 atom stereocenters. The molecule has 0 saturated carbocycles. The molecular formula is C9H12N2O3. The summed E-state index contributed by atoms with van der Waals surface area (Å²) in [4.78, 5) is 10.2. The SMILES string of the molecule is NC(=O)OCCOc1cccc(N)c1. The molecule has 1 rings (SSSR count). The van der Waals surface area contributed by atoms with Crippen molar-refractivity contribution in [2.45, 2.75) is 0 Å². The third kappa shape index (κ3) is 3.66. The minimum atomic E-state index is -0.804. The molecule has 0 aliphatic heterocycles. The molecule has 76 valence electrons. The molecule has 0 aromatic heterocycles. The van der Waals surface area contributed by atoms with Crippen molar-refractivity contribution in [2.75, 3.05) is 18.9 Å². The number of amides is 1. The normalized spacial score (nSPS) is 9.43. The molecule has 1 amide bonds. The Kier molecular flexibility index (Phi) is 3.60. The van der Waals surface area contributed by atoms with E-state index in [1.807, 2.05) is 0 Å². The molecule has 4 N–H and O–H groups in total. The minimum absolute atomic E-state index is 0.129. The average Bonchev–Trinajstić information content (AvgIpc) is 2.12. The number of ether oxygens (including phenoxy) is 2. The van der Waals surface area contributed by atoms with Gasteiger partial charge < -0.3 is 20.9 Å². The first-order chi connectivity index (χ1) is 6.68. The highest BCUT2D eigenvalue weighted by molar-refractivity contribution is 5.64. The number of carbonyl (C=O) groups is 1. The molecule has 0 fully saturated rings. The number of nitrogens with two attached hydrogens (primary N) is 2. The first-order valence-corrected chi connectivity index (χ1v) is 4.09. The molecule has 5 nitrogen and oxygen atoms in total. The average molecular weight is 196 g/mol. The summed E-state index contributed by atoms with van der Waals surface area (Å²) in [6.07, 6.45) is -0.804. The zero-order valence-corrected chi connectivity index (χ0v) is 7.60. The van der Waals surface area contributed by atoms with Crippen LogP contribution in [0.25, 0.3) is 0 Å². The van der Waals surface area contributed by atoms with Crippen molar-refractivity contribution in [3.05, 3.63) is 24.3 Å². The smallest absolute Gasteiger partial charge is 0.404 e. The van der Waals surface area contributed by atoms with Gasteiger partial charge >= 0.3 is 6.09 Å². The molecule has 0 unspecified atom stereocenters. The van der Waals surface area contributed by atoms with Gasteiger partial charge in [0.1, 0.15) is 19.0 Å². The fourth-order valence-electron chi connectivity index (χ4n) is 0.906. The summed E-state index contributed by atoms with van der Waals surface area (Å²) in [5, 5.41) is 0. The number of nitrogen functional groups attached to an aromatic ring is 1. The van der Waals surface area contributed by atoms with Gasteiger partial charge in [-0.1, -0.05) is 6.07 Å². The Morgan fingerprint density at radius 3 is 2.79 bits per heavy atom. The van der Waals surface area contributed by atoms with Crippen molar-refractivity contribution in [1.29, 1.82) is 0 Å². The van der Waals surface area contributed by atoms with Gasteiger partial charge in [-0.3, -0.25) is 0 Å². The van der Waals surface area contributed by atoms with Crippen LogP contribution < -0.4 is 16.2 Å². The monoisotopic (exact) mass is 196 g/mol. The Labute approximate surface area is 81.6 Å². The first-order valence-electron chi connectivity index (χ1n) is 4.09. The number of carbonyl (C=O) groups excluding carboxylic acids is 1. The molecule has 0 bridgehead atoms. The molecule has 1 aromatic rings. The third-order valence-corrected chi connectivity index (χ3v) is 1.45. The van der Waals surface area contributed by atoms with Gasteiger partial charge in [-0.25, -0.2) is 4.79 Å². The summed E-state index contributed by atoms with van der Waals surface area (Å²) in [5.74, 6) is 0.637. The second-order valence-electron chi connectivity index (χ2n) is 2.59. The van der Waals surface area contributed by atoms with E-state index < -0.39 is 6.09 Å². The number of hydrogen-bond donors (Lipinski definition) is 2. The van der Waals surface area contributed by atoms with Crippen LogP contribution in [0.15, 0.2) is 24.3 Å². The van der Waals surface area contributed by atoms with Gasteiger partial charge in [0.05, 0.1) is 0 Å². The molecule has 0 aliphatic rings. The van der Waals surface area contributed by atoms with E-state index in [9.17, 15) is 4.79 Å². The zero-order chi connectivity index (χ0) is 10.4. The van der Waals surface area contributed by atoms with Crippen LogP contribution in [0.5, 0.6) is 5.75 Å². The van der Waals surface area contributed by atoms with Gasteiger partial charge in [-0.15, -0.1) is 0 Å². The van der Waals surface area contributed by atoms with E-state index in [-0.39, 0.29) is 13.2 Å². The second-order valence-corrected chi connectivity index (χ2v) is 2.59. The Hall–Kier alpha value is -1.91. The van der Waals surface area contributed by atoms with Crippen molar-refractivity contribution < 1.29 is 14.3 Å². The summed E-state index contributed by atoms with van der Waals surface area (Å²) in [6, 6.07) is 6.98. The molecule has 5 heteroatoms. The lowest BCUT2D eigenvalue weighted by Gasteiger charge is -2.06. The van der Waals surface area contributed by atoms with Gasteiger partial charge in [0.15, 0.2) is 0 Å². The molecule has 0 radical (unpaired) electrons. The van der Waals surface area contributed by atoms with Gasteiger partial charge in [0.25, 0.3) is 0 Å². The van der Waals surface area contributed by atoms with E-state index in [2.05, 4.69) is 4.74 Å².